The van der Waals surface area contributed by atoms with Crippen LogP contribution in [0.5, 0.6) is 0 Å². The molecule has 0 saturated heterocycles. The fourth-order valence-corrected chi connectivity index (χ4v) is 2.02. The van der Waals surface area contributed by atoms with Crippen molar-refractivity contribution in [2.75, 3.05) is 0 Å². The number of fused-ring (bicyclic) bond motifs is 1. The third-order valence-corrected chi connectivity index (χ3v) is 2.91. The molecule has 0 unspecified atom stereocenters. The third kappa shape index (κ3) is 1.51. The van der Waals surface area contributed by atoms with Crippen LogP contribution in [0.2, 0.25) is 0 Å². The van der Waals surface area contributed by atoms with Gasteiger partial charge in [-0.25, -0.2) is 0 Å². The van der Waals surface area contributed by atoms with Gasteiger partial charge in [-0.3, -0.25) is 0 Å². The summed E-state index contributed by atoms with van der Waals surface area (Å²) in [5.74, 6) is 0.584. The maximum Gasteiger partial charge on any atom is 0.0480 e. The van der Waals surface area contributed by atoms with E-state index in [0.717, 1.165) is 0 Å². The molecule has 0 aliphatic rings. The molecule has 0 amide bonds. The second-order valence-corrected chi connectivity index (χ2v) is 3.99. The lowest BCUT2D eigenvalue weighted by atomic mass is 9.99. The van der Waals surface area contributed by atoms with Crippen molar-refractivity contribution in [3.63, 3.8) is 0 Å². The average Bonchev–Trinajstić information content (AvgIpc) is 2.18. The predicted octanol–water partition coefficient (Wildman–Crippen LogP) is 4.20. The van der Waals surface area contributed by atoms with Gasteiger partial charge in [0, 0.05) is 5.88 Å². The Morgan fingerprint density at radius 2 is 1.79 bits per heavy atom. The fraction of sp³-hybridized carbons (Fsp3) is 0.231. The highest BCUT2D eigenvalue weighted by molar-refractivity contribution is 6.18. The Hall–Kier alpha value is -1.01. The lowest BCUT2D eigenvalue weighted by Crippen LogP contribution is -1.86. The maximum absolute atomic E-state index is 5.91. The van der Waals surface area contributed by atoms with E-state index >= 15 is 0 Å². The van der Waals surface area contributed by atoms with Crippen LogP contribution < -0.4 is 0 Å². The Labute approximate surface area is 89.5 Å². The fourth-order valence-electron chi connectivity index (χ4n) is 1.79. The molecule has 2 aromatic carbocycles. The van der Waals surface area contributed by atoms with Gasteiger partial charge in [0.15, 0.2) is 0 Å². The van der Waals surface area contributed by atoms with Crippen molar-refractivity contribution in [3.05, 3.63) is 47.0 Å². The molecule has 0 bridgehead atoms. The van der Waals surface area contributed by atoms with Crippen molar-refractivity contribution in [2.45, 2.75) is 19.7 Å². The molecule has 0 aliphatic carbocycles. The number of hydrogen-bond acceptors (Lipinski definition) is 0. The summed E-state index contributed by atoms with van der Waals surface area (Å²) in [6.45, 7) is 4.25. The summed E-state index contributed by atoms with van der Waals surface area (Å²) in [4.78, 5) is 0. The molecule has 2 aromatic rings. The number of hydrogen-bond donors (Lipinski definition) is 0. The highest BCUT2D eigenvalue weighted by Crippen LogP contribution is 2.24. The van der Waals surface area contributed by atoms with Gasteiger partial charge in [0.25, 0.3) is 0 Å². The Morgan fingerprint density at radius 3 is 2.50 bits per heavy atom. The second kappa shape index (κ2) is 3.62. The molecule has 0 spiro atoms. The first-order chi connectivity index (χ1) is 6.72. The summed E-state index contributed by atoms with van der Waals surface area (Å²) < 4.78 is 0. The number of alkyl halides is 1. The monoisotopic (exact) mass is 204 g/mol. The first-order valence-electron chi connectivity index (χ1n) is 4.77. The van der Waals surface area contributed by atoms with Gasteiger partial charge >= 0.3 is 0 Å². The van der Waals surface area contributed by atoms with Crippen LogP contribution in [-0.4, -0.2) is 0 Å². The minimum absolute atomic E-state index is 0.584. The zero-order chi connectivity index (χ0) is 10.1. The van der Waals surface area contributed by atoms with E-state index in [1.54, 1.807) is 0 Å². The molecule has 0 aliphatic heterocycles. The molecule has 0 atom stereocenters. The smallest absolute Gasteiger partial charge is 0.0480 e. The summed E-state index contributed by atoms with van der Waals surface area (Å²) in [5.41, 5.74) is 3.82. The molecule has 0 nitrogen and oxygen atoms in total. The van der Waals surface area contributed by atoms with Gasteiger partial charge in [-0.15, -0.1) is 11.6 Å². The van der Waals surface area contributed by atoms with Gasteiger partial charge < -0.3 is 0 Å². The Morgan fingerprint density at radius 1 is 1.00 bits per heavy atom. The topological polar surface area (TPSA) is 0 Å². The molecule has 0 aromatic heterocycles. The minimum Gasteiger partial charge on any atom is -0.122 e. The standard InChI is InChI=1S/C13H13Cl/c1-9-3-6-12-10(2)4-5-11(8-14)13(12)7-9/h3-7H,8H2,1-2H3. The number of halogens is 1. The quantitative estimate of drug-likeness (QED) is 0.611. The molecule has 0 heterocycles. The molecule has 0 saturated carbocycles. The average molecular weight is 205 g/mol. The Balaban J connectivity index is 2.85. The second-order valence-electron chi connectivity index (χ2n) is 3.72. The zero-order valence-corrected chi connectivity index (χ0v) is 9.23. The van der Waals surface area contributed by atoms with Crippen LogP contribution in [0.4, 0.5) is 0 Å². The van der Waals surface area contributed by atoms with Crippen LogP contribution in [0.25, 0.3) is 10.8 Å². The van der Waals surface area contributed by atoms with Gasteiger partial charge in [0.05, 0.1) is 0 Å². The first kappa shape index (κ1) is 9.54. The normalized spacial score (nSPS) is 10.8. The van der Waals surface area contributed by atoms with Crippen LogP contribution >= 0.6 is 11.6 Å². The van der Waals surface area contributed by atoms with E-state index in [9.17, 15) is 0 Å². The molecule has 0 radical (unpaired) electrons. The molecule has 1 heteroatoms. The maximum atomic E-state index is 5.91. The van der Waals surface area contributed by atoms with Gasteiger partial charge in [0.1, 0.15) is 0 Å². The summed E-state index contributed by atoms with van der Waals surface area (Å²) in [6, 6.07) is 10.8. The van der Waals surface area contributed by atoms with E-state index in [0.29, 0.717) is 5.88 Å². The highest BCUT2D eigenvalue weighted by Gasteiger charge is 2.02. The van der Waals surface area contributed by atoms with E-state index in [-0.39, 0.29) is 0 Å². The van der Waals surface area contributed by atoms with E-state index in [4.69, 9.17) is 11.6 Å². The van der Waals surface area contributed by atoms with E-state index in [1.165, 1.54) is 27.5 Å². The van der Waals surface area contributed by atoms with Gasteiger partial charge in [-0.2, -0.15) is 0 Å². The van der Waals surface area contributed by atoms with Crippen molar-refractivity contribution >= 4 is 22.4 Å². The van der Waals surface area contributed by atoms with Crippen molar-refractivity contribution in [3.8, 4) is 0 Å². The number of rotatable bonds is 1. The van der Waals surface area contributed by atoms with Crippen molar-refractivity contribution in [1.29, 1.82) is 0 Å². The number of benzene rings is 2. The molecule has 14 heavy (non-hydrogen) atoms. The van der Waals surface area contributed by atoms with Crippen LogP contribution in [0.15, 0.2) is 30.3 Å². The van der Waals surface area contributed by atoms with Gasteiger partial charge in [-0.1, -0.05) is 35.9 Å². The molecule has 0 N–H and O–H groups in total. The van der Waals surface area contributed by atoms with E-state index < -0.39 is 0 Å². The lowest BCUT2D eigenvalue weighted by molar-refractivity contribution is 1.40. The Bertz CT molecular complexity index is 472. The van der Waals surface area contributed by atoms with Crippen LogP contribution in [0.1, 0.15) is 16.7 Å². The largest absolute Gasteiger partial charge is 0.122 e. The van der Waals surface area contributed by atoms with Crippen LogP contribution in [0.3, 0.4) is 0 Å². The van der Waals surface area contributed by atoms with Crippen molar-refractivity contribution < 1.29 is 0 Å². The Kier molecular flexibility index (Phi) is 2.47. The van der Waals surface area contributed by atoms with Gasteiger partial charge in [-0.05, 0) is 35.7 Å². The van der Waals surface area contributed by atoms with Crippen molar-refractivity contribution in [2.24, 2.45) is 0 Å². The summed E-state index contributed by atoms with van der Waals surface area (Å²) in [7, 11) is 0. The zero-order valence-electron chi connectivity index (χ0n) is 8.47. The van der Waals surface area contributed by atoms with Gasteiger partial charge in [0.2, 0.25) is 0 Å². The van der Waals surface area contributed by atoms with E-state index in [1.807, 2.05) is 0 Å². The van der Waals surface area contributed by atoms with Crippen LogP contribution in [-0.2, 0) is 5.88 Å². The summed E-state index contributed by atoms with van der Waals surface area (Å²) >= 11 is 5.91. The van der Waals surface area contributed by atoms with Crippen molar-refractivity contribution in [1.82, 2.24) is 0 Å². The SMILES string of the molecule is Cc1ccc2c(C)ccc(CCl)c2c1. The first-order valence-corrected chi connectivity index (χ1v) is 5.30. The molecular weight excluding hydrogens is 192 g/mol. The number of aryl methyl sites for hydroxylation is 2. The van der Waals surface area contributed by atoms with Crippen LogP contribution in [0, 0.1) is 13.8 Å². The van der Waals surface area contributed by atoms with E-state index in [2.05, 4.69) is 44.2 Å². The highest BCUT2D eigenvalue weighted by atomic mass is 35.5. The minimum atomic E-state index is 0.584. The molecular formula is C13H13Cl. The molecule has 2 rings (SSSR count). The summed E-state index contributed by atoms with van der Waals surface area (Å²) in [6.07, 6.45) is 0. The lowest BCUT2D eigenvalue weighted by Gasteiger charge is -2.07. The molecule has 0 fully saturated rings. The molecule has 72 valence electrons. The summed E-state index contributed by atoms with van der Waals surface area (Å²) in [5, 5.41) is 2.61. The third-order valence-electron chi connectivity index (χ3n) is 2.62. The predicted molar refractivity (Wildman–Crippen MR) is 63.0 cm³/mol.